The van der Waals surface area contributed by atoms with E-state index in [1.807, 2.05) is 0 Å². The fourth-order valence-corrected chi connectivity index (χ4v) is 2.89. The smallest absolute Gasteiger partial charge is 0.0815 e. The quantitative estimate of drug-likeness (QED) is 0.574. The molecule has 0 aromatic carbocycles. The van der Waals surface area contributed by atoms with Crippen LogP contribution in [0, 0.1) is 5.92 Å². The summed E-state index contributed by atoms with van der Waals surface area (Å²) in [6.45, 7) is 2.73. The lowest BCUT2D eigenvalue weighted by atomic mass is 9.97. The second-order valence-corrected chi connectivity index (χ2v) is 5.27. The van der Waals surface area contributed by atoms with E-state index in [2.05, 4.69) is 22.6 Å². The van der Waals surface area contributed by atoms with Crippen molar-refractivity contribution in [3.05, 3.63) is 0 Å². The molecule has 0 spiro atoms. The van der Waals surface area contributed by atoms with Crippen LogP contribution in [0.5, 0.6) is 0 Å². The Kier molecular flexibility index (Phi) is 4.08. The molecule has 2 aliphatic rings. The van der Waals surface area contributed by atoms with E-state index in [1.165, 1.54) is 19.3 Å². The average molecular weight is 310 g/mol. The SMILES string of the molecule is ICC1(OCCC2CC2)CCOCC1. The van der Waals surface area contributed by atoms with E-state index in [-0.39, 0.29) is 5.60 Å². The number of hydrogen-bond donors (Lipinski definition) is 0. The van der Waals surface area contributed by atoms with E-state index in [1.54, 1.807) is 0 Å². The summed E-state index contributed by atoms with van der Waals surface area (Å²) in [6, 6.07) is 0. The zero-order valence-corrected chi connectivity index (χ0v) is 10.8. The molecular formula is C11H19IO2. The third-order valence-electron chi connectivity index (χ3n) is 3.28. The maximum absolute atomic E-state index is 6.08. The normalized spacial score (nSPS) is 26.4. The summed E-state index contributed by atoms with van der Waals surface area (Å²) in [4.78, 5) is 0. The summed E-state index contributed by atoms with van der Waals surface area (Å²) in [5.74, 6) is 0.987. The van der Waals surface area contributed by atoms with Gasteiger partial charge in [0.15, 0.2) is 0 Å². The molecule has 0 radical (unpaired) electrons. The molecule has 2 nitrogen and oxygen atoms in total. The van der Waals surface area contributed by atoms with Gasteiger partial charge >= 0.3 is 0 Å². The van der Waals surface area contributed by atoms with E-state index in [9.17, 15) is 0 Å². The van der Waals surface area contributed by atoms with Gasteiger partial charge in [-0.15, -0.1) is 0 Å². The summed E-state index contributed by atoms with van der Waals surface area (Å²) >= 11 is 2.45. The van der Waals surface area contributed by atoms with Crippen molar-refractivity contribution in [2.75, 3.05) is 24.2 Å². The highest BCUT2D eigenvalue weighted by atomic mass is 127. The molecule has 1 saturated heterocycles. The Bertz CT molecular complexity index is 174. The number of rotatable bonds is 5. The van der Waals surface area contributed by atoms with Crippen molar-refractivity contribution >= 4 is 22.6 Å². The van der Waals surface area contributed by atoms with Crippen LogP contribution in [0.3, 0.4) is 0 Å². The molecule has 0 aromatic rings. The third kappa shape index (κ3) is 3.07. The minimum atomic E-state index is 0.147. The molecule has 0 bridgehead atoms. The first kappa shape index (κ1) is 11.1. The lowest BCUT2D eigenvalue weighted by Gasteiger charge is -2.35. The topological polar surface area (TPSA) is 18.5 Å². The molecule has 1 aliphatic heterocycles. The molecule has 0 N–H and O–H groups in total. The van der Waals surface area contributed by atoms with E-state index in [0.717, 1.165) is 43.0 Å². The Hall–Kier alpha value is 0.650. The first-order valence-electron chi connectivity index (χ1n) is 5.62. The molecule has 1 heterocycles. The summed E-state index contributed by atoms with van der Waals surface area (Å²) in [7, 11) is 0. The summed E-state index contributed by atoms with van der Waals surface area (Å²) in [6.07, 6.45) is 6.31. The van der Waals surface area contributed by atoms with Crippen LogP contribution in [0.2, 0.25) is 0 Å². The van der Waals surface area contributed by atoms with Gasteiger partial charge in [-0.25, -0.2) is 0 Å². The Balaban J connectivity index is 1.71. The lowest BCUT2D eigenvalue weighted by molar-refractivity contribution is -0.0954. The summed E-state index contributed by atoms with van der Waals surface area (Å²) in [5, 5.41) is 0. The molecule has 0 amide bonds. The zero-order valence-electron chi connectivity index (χ0n) is 8.64. The minimum Gasteiger partial charge on any atom is -0.381 e. The molecule has 0 unspecified atom stereocenters. The summed E-state index contributed by atoms with van der Waals surface area (Å²) in [5.41, 5.74) is 0.147. The van der Waals surface area contributed by atoms with Gasteiger partial charge in [-0.1, -0.05) is 35.4 Å². The van der Waals surface area contributed by atoms with Crippen LogP contribution in [-0.4, -0.2) is 29.8 Å². The van der Waals surface area contributed by atoms with Crippen molar-refractivity contribution in [2.45, 2.75) is 37.7 Å². The van der Waals surface area contributed by atoms with Crippen LogP contribution in [0.15, 0.2) is 0 Å². The Morgan fingerprint density at radius 2 is 2.00 bits per heavy atom. The second kappa shape index (κ2) is 5.12. The first-order valence-corrected chi connectivity index (χ1v) is 7.15. The molecule has 1 aliphatic carbocycles. The van der Waals surface area contributed by atoms with Crippen molar-refractivity contribution in [3.63, 3.8) is 0 Å². The van der Waals surface area contributed by atoms with Crippen LogP contribution in [0.4, 0.5) is 0 Å². The van der Waals surface area contributed by atoms with Gasteiger partial charge in [-0.05, 0) is 12.3 Å². The molecular weight excluding hydrogens is 291 g/mol. The van der Waals surface area contributed by atoms with E-state index in [0.29, 0.717) is 0 Å². The van der Waals surface area contributed by atoms with Crippen LogP contribution < -0.4 is 0 Å². The third-order valence-corrected chi connectivity index (χ3v) is 4.67. The van der Waals surface area contributed by atoms with Gasteiger partial charge in [0, 0.05) is 37.1 Å². The van der Waals surface area contributed by atoms with Crippen molar-refractivity contribution < 1.29 is 9.47 Å². The van der Waals surface area contributed by atoms with Gasteiger partial charge < -0.3 is 9.47 Å². The van der Waals surface area contributed by atoms with Gasteiger partial charge in [0.1, 0.15) is 0 Å². The van der Waals surface area contributed by atoms with Gasteiger partial charge in [-0.2, -0.15) is 0 Å². The van der Waals surface area contributed by atoms with Gasteiger partial charge in [0.05, 0.1) is 5.60 Å². The summed E-state index contributed by atoms with van der Waals surface area (Å²) < 4.78 is 12.6. The highest BCUT2D eigenvalue weighted by molar-refractivity contribution is 14.1. The highest BCUT2D eigenvalue weighted by Gasteiger charge is 2.33. The number of alkyl halides is 1. The van der Waals surface area contributed by atoms with Crippen LogP contribution >= 0.6 is 22.6 Å². The lowest BCUT2D eigenvalue weighted by Crippen LogP contribution is -2.41. The van der Waals surface area contributed by atoms with Crippen LogP contribution in [0.1, 0.15) is 32.1 Å². The molecule has 0 aromatic heterocycles. The monoisotopic (exact) mass is 310 g/mol. The Labute approximate surface area is 99.9 Å². The minimum absolute atomic E-state index is 0.147. The Morgan fingerprint density at radius 1 is 1.29 bits per heavy atom. The van der Waals surface area contributed by atoms with Crippen LogP contribution in [0.25, 0.3) is 0 Å². The molecule has 82 valence electrons. The maximum atomic E-state index is 6.08. The number of ether oxygens (including phenoxy) is 2. The second-order valence-electron chi connectivity index (χ2n) is 4.51. The zero-order chi connectivity index (χ0) is 9.86. The number of hydrogen-bond acceptors (Lipinski definition) is 2. The van der Waals surface area contributed by atoms with E-state index >= 15 is 0 Å². The fraction of sp³-hybridized carbons (Fsp3) is 1.00. The van der Waals surface area contributed by atoms with Gasteiger partial charge in [-0.3, -0.25) is 0 Å². The van der Waals surface area contributed by atoms with Crippen molar-refractivity contribution in [3.8, 4) is 0 Å². The largest absolute Gasteiger partial charge is 0.381 e. The molecule has 3 heteroatoms. The van der Waals surface area contributed by atoms with Crippen LogP contribution in [-0.2, 0) is 9.47 Å². The van der Waals surface area contributed by atoms with Gasteiger partial charge in [0.25, 0.3) is 0 Å². The predicted octanol–water partition coefficient (Wildman–Crippen LogP) is 2.79. The molecule has 0 atom stereocenters. The number of halogens is 1. The molecule has 2 rings (SSSR count). The fourth-order valence-electron chi connectivity index (χ4n) is 1.91. The Morgan fingerprint density at radius 3 is 2.57 bits per heavy atom. The standard InChI is InChI=1S/C11H19IO2/c12-9-11(4-7-13-8-5-11)14-6-3-10-1-2-10/h10H,1-9H2. The maximum Gasteiger partial charge on any atom is 0.0815 e. The van der Waals surface area contributed by atoms with Crippen molar-refractivity contribution in [1.82, 2.24) is 0 Å². The predicted molar refractivity (Wildman–Crippen MR) is 65.0 cm³/mol. The van der Waals surface area contributed by atoms with Gasteiger partial charge in [0.2, 0.25) is 0 Å². The van der Waals surface area contributed by atoms with Crippen molar-refractivity contribution in [2.24, 2.45) is 5.92 Å². The van der Waals surface area contributed by atoms with E-state index < -0.39 is 0 Å². The first-order chi connectivity index (χ1) is 6.85. The van der Waals surface area contributed by atoms with Crippen molar-refractivity contribution in [1.29, 1.82) is 0 Å². The molecule has 2 fully saturated rings. The average Bonchev–Trinajstić information content (AvgIpc) is 3.03. The molecule has 14 heavy (non-hydrogen) atoms. The molecule has 1 saturated carbocycles. The highest BCUT2D eigenvalue weighted by Crippen LogP contribution is 2.34. The van der Waals surface area contributed by atoms with E-state index in [4.69, 9.17) is 9.47 Å².